The quantitative estimate of drug-likeness (QED) is 0.638. The van der Waals surface area contributed by atoms with E-state index in [4.69, 9.17) is 0 Å². The van der Waals surface area contributed by atoms with E-state index in [0.717, 1.165) is 26.1 Å². The molecule has 12 heavy (non-hydrogen) atoms. The van der Waals surface area contributed by atoms with Crippen LogP contribution in [0.25, 0.3) is 0 Å². The monoisotopic (exact) mass is 169 g/mol. The van der Waals surface area contributed by atoms with Crippen LogP contribution in [0.5, 0.6) is 0 Å². The van der Waals surface area contributed by atoms with Crippen molar-refractivity contribution in [2.75, 3.05) is 19.6 Å². The number of hydrogen-bond donors (Lipinski definition) is 0. The van der Waals surface area contributed by atoms with Crippen LogP contribution in [0.4, 0.5) is 0 Å². The molecular formula is C10H19NO. The molecule has 0 N–H and O–H groups in total. The Kier molecular flexibility index (Phi) is 3.73. The summed E-state index contributed by atoms with van der Waals surface area (Å²) in [5.41, 5.74) is 0. The Balaban J connectivity index is 2.30. The van der Waals surface area contributed by atoms with Gasteiger partial charge in [-0.25, -0.2) is 0 Å². The van der Waals surface area contributed by atoms with Crippen molar-refractivity contribution in [3.63, 3.8) is 0 Å². The van der Waals surface area contributed by atoms with Crippen molar-refractivity contribution in [3.05, 3.63) is 0 Å². The van der Waals surface area contributed by atoms with Crippen LogP contribution in [-0.2, 0) is 4.79 Å². The van der Waals surface area contributed by atoms with Gasteiger partial charge >= 0.3 is 0 Å². The summed E-state index contributed by atoms with van der Waals surface area (Å²) in [5, 5.41) is 0. The van der Waals surface area contributed by atoms with Gasteiger partial charge in [0.15, 0.2) is 0 Å². The minimum atomic E-state index is 0.349. The van der Waals surface area contributed by atoms with Crippen molar-refractivity contribution >= 4 is 5.78 Å². The van der Waals surface area contributed by atoms with Crippen LogP contribution < -0.4 is 0 Å². The number of carbonyl (C=O) groups is 1. The maximum Gasteiger partial charge on any atom is 0.137 e. The third kappa shape index (κ3) is 2.31. The number of nitrogens with zero attached hydrogens (tertiary/aromatic N) is 1. The van der Waals surface area contributed by atoms with Gasteiger partial charge in [-0.1, -0.05) is 13.8 Å². The van der Waals surface area contributed by atoms with Gasteiger partial charge in [-0.3, -0.25) is 4.79 Å². The highest BCUT2D eigenvalue weighted by molar-refractivity contribution is 5.81. The summed E-state index contributed by atoms with van der Waals surface area (Å²) in [6.07, 6.45) is 3.00. The van der Waals surface area contributed by atoms with Crippen LogP contribution in [0.15, 0.2) is 0 Å². The first-order valence-corrected chi connectivity index (χ1v) is 5.03. The molecule has 1 atom stereocenters. The second-order valence-corrected chi connectivity index (χ2v) is 3.61. The minimum Gasteiger partial charge on any atom is -0.303 e. The van der Waals surface area contributed by atoms with Gasteiger partial charge in [-0.15, -0.1) is 0 Å². The summed E-state index contributed by atoms with van der Waals surface area (Å²) < 4.78 is 0. The Labute approximate surface area is 74.9 Å². The average Bonchev–Trinajstić information content (AvgIpc) is 2.52. The number of rotatable bonds is 4. The lowest BCUT2D eigenvalue weighted by Gasteiger charge is -2.13. The molecule has 0 amide bonds. The van der Waals surface area contributed by atoms with E-state index >= 15 is 0 Å². The molecule has 0 spiro atoms. The molecule has 0 aromatic carbocycles. The predicted octanol–water partition coefficient (Wildman–Crippen LogP) is 1.70. The fourth-order valence-electron chi connectivity index (χ4n) is 1.90. The molecule has 1 fully saturated rings. The first kappa shape index (κ1) is 9.72. The number of carbonyl (C=O) groups excluding carboxylic acids is 1. The van der Waals surface area contributed by atoms with E-state index < -0.39 is 0 Å². The molecule has 0 aliphatic carbocycles. The lowest BCUT2D eigenvalue weighted by Crippen LogP contribution is -2.23. The maximum absolute atomic E-state index is 11.3. The fraction of sp³-hybridized carbons (Fsp3) is 0.900. The van der Waals surface area contributed by atoms with Gasteiger partial charge in [-0.05, 0) is 25.9 Å². The largest absolute Gasteiger partial charge is 0.303 e. The molecule has 0 saturated carbocycles. The highest BCUT2D eigenvalue weighted by Crippen LogP contribution is 2.18. The Morgan fingerprint density at radius 3 is 2.83 bits per heavy atom. The van der Waals surface area contributed by atoms with Gasteiger partial charge in [0.2, 0.25) is 0 Å². The molecule has 0 aromatic heterocycles. The van der Waals surface area contributed by atoms with Gasteiger partial charge in [0.05, 0.1) is 0 Å². The van der Waals surface area contributed by atoms with Gasteiger partial charge in [0, 0.05) is 18.9 Å². The van der Waals surface area contributed by atoms with E-state index in [0.29, 0.717) is 18.1 Å². The second-order valence-electron chi connectivity index (χ2n) is 3.61. The van der Waals surface area contributed by atoms with Gasteiger partial charge < -0.3 is 4.90 Å². The second kappa shape index (κ2) is 4.61. The first-order chi connectivity index (χ1) is 5.77. The molecule has 1 saturated heterocycles. The van der Waals surface area contributed by atoms with Crippen molar-refractivity contribution in [1.29, 1.82) is 0 Å². The lowest BCUT2D eigenvalue weighted by atomic mass is 10.0. The van der Waals surface area contributed by atoms with Crippen LogP contribution in [0.2, 0.25) is 0 Å². The van der Waals surface area contributed by atoms with E-state index in [-0.39, 0.29) is 0 Å². The van der Waals surface area contributed by atoms with Crippen molar-refractivity contribution < 1.29 is 4.79 Å². The summed E-state index contributed by atoms with van der Waals surface area (Å²) in [6, 6.07) is 0. The molecular weight excluding hydrogens is 150 g/mol. The summed E-state index contributed by atoms with van der Waals surface area (Å²) >= 11 is 0. The van der Waals surface area contributed by atoms with E-state index in [1.165, 1.54) is 6.42 Å². The Morgan fingerprint density at radius 1 is 1.50 bits per heavy atom. The maximum atomic E-state index is 11.3. The molecule has 0 radical (unpaired) electrons. The normalized spacial score (nSPS) is 24.7. The average molecular weight is 169 g/mol. The zero-order chi connectivity index (χ0) is 8.97. The van der Waals surface area contributed by atoms with Crippen LogP contribution in [0, 0.1) is 5.92 Å². The number of likely N-dealkylation sites (tertiary alicyclic amines) is 1. The van der Waals surface area contributed by atoms with Crippen molar-refractivity contribution in [1.82, 2.24) is 4.90 Å². The van der Waals surface area contributed by atoms with Crippen LogP contribution in [0.3, 0.4) is 0 Å². The van der Waals surface area contributed by atoms with Crippen molar-refractivity contribution in [3.8, 4) is 0 Å². The Hall–Kier alpha value is -0.370. The van der Waals surface area contributed by atoms with E-state index in [1.54, 1.807) is 0 Å². The summed E-state index contributed by atoms with van der Waals surface area (Å²) in [5.74, 6) is 0.801. The number of Topliss-reactive ketones (excluding diaryl/α,β-unsaturated/α-hetero) is 1. The highest BCUT2D eigenvalue weighted by Gasteiger charge is 2.25. The summed E-state index contributed by atoms with van der Waals surface area (Å²) in [6.45, 7) is 7.46. The zero-order valence-corrected chi connectivity index (χ0v) is 8.18. The van der Waals surface area contributed by atoms with E-state index in [1.807, 2.05) is 6.92 Å². The molecule has 0 aromatic rings. The van der Waals surface area contributed by atoms with Crippen molar-refractivity contribution in [2.45, 2.75) is 33.1 Å². The molecule has 1 unspecified atom stereocenters. The molecule has 2 heteroatoms. The summed E-state index contributed by atoms with van der Waals surface area (Å²) in [4.78, 5) is 13.7. The third-order valence-electron chi connectivity index (χ3n) is 2.62. The topological polar surface area (TPSA) is 20.3 Å². The predicted molar refractivity (Wildman–Crippen MR) is 50.1 cm³/mol. The summed E-state index contributed by atoms with van der Waals surface area (Å²) in [7, 11) is 0. The Bertz CT molecular complexity index is 156. The van der Waals surface area contributed by atoms with Crippen LogP contribution >= 0.6 is 0 Å². The highest BCUT2D eigenvalue weighted by atomic mass is 16.1. The van der Waals surface area contributed by atoms with Crippen LogP contribution in [-0.4, -0.2) is 30.3 Å². The smallest absolute Gasteiger partial charge is 0.137 e. The van der Waals surface area contributed by atoms with Crippen molar-refractivity contribution in [2.24, 2.45) is 5.92 Å². The zero-order valence-electron chi connectivity index (χ0n) is 8.18. The standard InChI is InChI=1S/C10H19NO/c1-3-6-11-7-5-9(8-11)10(12)4-2/h9H,3-8H2,1-2H3. The molecule has 70 valence electrons. The van der Waals surface area contributed by atoms with Crippen LogP contribution in [0.1, 0.15) is 33.1 Å². The molecule has 1 aliphatic heterocycles. The first-order valence-electron chi connectivity index (χ1n) is 5.03. The lowest BCUT2D eigenvalue weighted by molar-refractivity contribution is -0.122. The SMILES string of the molecule is CCCN1CCC(C(=O)CC)C1. The molecule has 0 bridgehead atoms. The Morgan fingerprint density at radius 2 is 2.25 bits per heavy atom. The van der Waals surface area contributed by atoms with E-state index in [2.05, 4.69) is 11.8 Å². The molecule has 1 rings (SSSR count). The molecule has 1 aliphatic rings. The van der Waals surface area contributed by atoms with Gasteiger partial charge in [-0.2, -0.15) is 0 Å². The molecule has 1 heterocycles. The van der Waals surface area contributed by atoms with E-state index in [9.17, 15) is 4.79 Å². The third-order valence-corrected chi connectivity index (χ3v) is 2.62. The minimum absolute atomic E-state index is 0.349. The number of ketones is 1. The fourth-order valence-corrected chi connectivity index (χ4v) is 1.90. The number of hydrogen-bond acceptors (Lipinski definition) is 2. The molecule has 2 nitrogen and oxygen atoms in total. The van der Waals surface area contributed by atoms with Gasteiger partial charge in [0.25, 0.3) is 0 Å². The van der Waals surface area contributed by atoms with Gasteiger partial charge in [0.1, 0.15) is 5.78 Å².